The van der Waals surface area contributed by atoms with Crippen molar-refractivity contribution in [2.24, 2.45) is 0 Å². The number of methoxy groups -OCH3 is 2. The molecule has 9 nitrogen and oxygen atoms in total. The van der Waals surface area contributed by atoms with Crippen LogP contribution in [0.4, 0.5) is 22.7 Å². The van der Waals surface area contributed by atoms with Gasteiger partial charge in [0.25, 0.3) is 0 Å². The summed E-state index contributed by atoms with van der Waals surface area (Å²) in [7, 11) is 6.89. The van der Waals surface area contributed by atoms with E-state index in [0.717, 1.165) is 35.8 Å². The molecule has 0 atom stereocenters. The molecule has 0 spiro atoms. The SMILES string of the molecule is COC(=O)CN1CCOCCN(CC(=O)OC)c2ccccc2N(C)CCN(C)c2ccccc21. The Morgan fingerprint density at radius 3 is 1.43 bits per heavy atom. The molecule has 2 aromatic rings. The average Bonchev–Trinajstić information content (AvgIpc) is 2.89. The molecule has 0 radical (unpaired) electrons. The zero-order valence-corrected chi connectivity index (χ0v) is 21.1. The molecule has 0 aromatic heterocycles. The molecule has 1 aliphatic rings. The van der Waals surface area contributed by atoms with Gasteiger partial charge in [-0.25, -0.2) is 0 Å². The molecule has 0 saturated heterocycles. The van der Waals surface area contributed by atoms with Crippen LogP contribution in [0.2, 0.25) is 0 Å². The number of carbonyl (C=O) groups excluding carboxylic acids is 2. The first-order valence-electron chi connectivity index (χ1n) is 11.8. The predicted molar refractivity (Wildman–Crippen MR) is 139 cm³/mol. The number of hydrogen-bond acceptors (Lipinski definition) is 9. The lowest BCUT2D eigenvalue weighted by Gasteiger charge is -2.32. The minimum Gasteiger partial charge on any atom is -0.468 e. The maximum atomic E-state index is 12.2. The number of benzene rings is 2. The molecule has 35 heavy (non-hydrogen) atoms. The fourth-order valence-electron chi connectivity index (χ4n) is 4.11. The van der Waals surface area contributed by atoms with Crippen molar-refractivity contribution in [1.82, 2.24) is 0 Å². The van der Waals surface area contributed by atoms with Gasteiger partial charge in [0.2, 0.25) is 0 Å². The fraction of sp³-hybridized carbons (Fsp3) is 0.462. The lowest BCUT2D eigenvalue weighted by Crippen LogP contribution is -2.36. The third-order valence-corrected chi connectivity index (χ3v) is 6.14. The van der Waals surface area contributed by atoms with E-state index in [9.17, 15) is 9.59 Å². The second kappa shape index (κ2) is 12.9. The Hall–Kier alpha value is -3.46. The van der Waals surface area contributed by atoms with E-state index in [1.807, 2.05) is 60.3 Å². The molecule has 0 unspecified atom stereocenters. The Kier molecular flexibility index (Phi) is 9.60. The summed E-state index contributed by atoms with van der Waals surface area (Å²) >= 11 is 0. The molecule has 0 aliphatic carbocycles. The number of rotatable bonds is 4. The molecule has 0 amide bonds. The zero-order chi connectivity index (χ0) is 25.2. The number of esters is 2. The summed E-state index contributed by atoms with van der Waals surface area (Å²) in [5.74, 6) is -0.611. The molecule has 0 saturated carbocycles. The molecule has 0 N–H and O–H groups in total. The van der Waals surface area contributed by atoms with Gasteiger partial charge in [-0.05, 0) is 24.3 Å². The summed E-state index contributed by atoms with van der Waals surface area (Å²) < 4.78 is 15.8. The fourth-order valence-corrected chi connectivity index (χ4v) is 4.11. The van der Waals surface area contributed by atoms with Crippen LogP contribution in [0.25, 0.3) is 0 Å². The van der Waals surface area contributed by atoms with Gasteiger partial charge in [0.05, 0.1) is 50.2 Å². The Morgan fingerprint density at radius 1 is 0.686 bits per heavy atom. The van der Waals surface area contributed by atoms with E-state index in [4.69, 9.17) is 14.2 Å². The Balaban J connectivity index is 1.93. The lowest BCUT2D eigenvalue weighted by molar-refractivity contribution is -0.139. The summed E-state index contributed by atoms with van der Waals surface area (Å²) in [6, 6.07) is 16.1. The van der Waals surface area contributed by atoms with E-state index in [1.54, 1.807) is 0 Å². The standard InChI is InChI=1S/C26H36N4O5/c1-27-13-14-28(2)22-10-6-8-12-24(22)30(20-26(32)34-4)16-18-35-17-15-29(19-25(31)33-3)23-11-7-5-9-21(23)27/h5-12H,13-20H2,1-4H3. The van der Waals surface area contributed by atoms with Gasteiger partial charge in [0.15, 0.2) is 0 Å². The number of nitrogens with zero attached hydrogens (tertiary/aromatic N) is 4. The molecule has 1 aliphatic heterocycles. The van der Waals surface area contributed by atoms with E-state index in [1.165, 1.54) is 14.2 Å². The van der Waals surface area contributed by atoms with E-state index >= 15 is 0 Å². The number of fused-ring (bicyclic) bond motifs is 2. The van der Waals surface area contributed by atoms with Crippen molar-refractivity contribution in [3.05, 3.63) is 48.5 Å². The number of likely N-dealkylation sites (N-methyl/N-ethyl adjacent to an activating group) is 2. The van der Waals surface area contributed by atoms with E-state index in [2.05, 4.69) is 21.9 Å². The van der Waals surface area contributed by atoms with E-state index in [0.29, 0.717) is 26.3 Å². The first-order chi connectivity index (χ1) is 16.9. The smallest absolute Gasteiger partial charge is 0.325 e. The number of para-hydroxylation sites is 4. The first-order valence-corrected chi connectivity index (χ1v) is 11.8. The molecule has 1 heterocycles. The highest BCUT2D eigenvalue weighted by atomic mass is 16.5. The van der Waals surface area contributed by atoms with Gasteiger partial charge in [-0.15, -0.1) is 0 Å². The van der Waals surface area contributed by atoms with Gasteiger partial charge >= 0.3 is 11.9 Å². The highest BCUT2D eigenvalue weighted by Crippen LogP contribution is 2.31. The van der Waals surface area contributed by atoms with Crippen LogP contribution in [-0.4, -0.2) is 92.7 Å². The molecule has 3 rings (SSSR count). The molecule has 9 heteroatoms. The molecular weight excluding hydrogens is 448 g/mol. The Labute approximate surface area is 207 Å². The maximum absolute atomic E-state index is 12.2. The number of ether oxygens (including phenoxy) is 3. The average molecular weight is 485 g/mol. The highest BCUT2D eigenvalue weighted by Gasteiger charge is 2.20. The minimum atomic E-state index is -0.306. The Morgan fingerprint density at radius 2 is 1.06 bits per heavy atom. The summed E-state index contributed by atoms with van der Waals surface area (Å²) in [5, 5.41) is 0. The minimum absolute atomic E-state index is 0.129. The van der Waals surface area contributed by atoms with Crippen molar-refractivity contribution < 1.29 is 23.8 Å². The topological polar surface area (TPSA) is 74.8 Å². The monoisotopic (exact) mass is 484 g/mol. The molecule has 190 valence electrons. The van der Waals surface area contributed by atoms with E-state index in [-0.39, 0.29) is 25.0 Å². The van der Waals surface area contributed by atoms with Gasteiger partial charge in [-0.1, -0.05) is 24.3 Å². The van der Waals surface area contributed by atoms with E-state index < -0.39 is 0 Å². The van der Waals surface area contributed by atoms with Crippen LogP contribution >= 0.6 is 0 Å². The largest absolute Gasteiger partial charge is 0.468 e. The van der Waals surface area contributed by atoms with Crippen molar-refractivity contribution >= 4 is 34.7 Å². The van der Waals surface area contributed by atoms with Gasteiger partial charge in [0, 0.05) is 40.3 Å². The molecule has 0 fully saturated rings. The summed E-state index contributed by atoms with van der Waals surface area (Å²) in [6.07, 6.45) is 0. The third kappa shape index (κ3) is 7.02. The van der Waals surface area contributed by atoms with Crippen molar-refractivity contribution in [2.75, 3.05) is 100 Å². The quantitative estimate of drug-likeness (QED) is 0.608. The van der Waals surface area contributed by atoms with Crippen LogP contribution in [0.1, 0.15) is 0 Å². The second-order valence-corrected chi connectivity index (χ2v) is 8.43. The number of anilines is 4. The van der Waals surface area contributed by atoms with Gasteiger partial charge in [-0.2, -0.15) is 0 Å². The summed E-state index contributed by atoms with van der Waals surface area (Å²) in [4.78, 5) is 32.7. The zero-order valence-electron chi connectivity index (χ0n) is 21.1. The highest BCUT2D eigenvalue weighted by molar-refractivity contribution is 5.81. The summed E-state index contributed by atoms with van der Waals surface area (Å²) in [6.45, 7) is 3.64. The number of hydrogen-bond donors (Lipinski definition) is 0. The van der Waals surface area contributed by atoms with Crippen LogP contribution in [0, 0.1) is 0 Å². The van der Waals surface area contributed by atoms with Crippen molar-refractivity contribution in [1.29, 1.82) is 0 Å². The van der Waals surface area contributed by atoms with Crippen LogP contribution < -0.4 is 19.6 Å². The van der Waals surface area contributed by atoms with Gasteiger partial charge in [-0.3, -0.25) is 9.59 Å². The molecular formula is C26H36N4O5. The predicted octanol–water partition coefficient (Wildman–Crippen LogP) is 2.25. The van der Waals surface area contributed by atoms with Crippen LogP contribution in [0.5, 0.6) is 0 Å². The van der Waals surface area contributed by atoms with Gasteiger partial charge < -0.3 is 33.8 Å². The Bertz CT molecular complexity index is 908. The van der Waals surface area contributed by atoms with Crippen LogP contribution in [-0.2, 0) is 23.8 Å². The van der Waals surface area contributed by atoms with Crippen molar-refractivity contribution in [3.63, 3.8) is 0 Å². The summed E-state index contributed by atoms with van der Waals surface area (Å²) in [5.41, 5.74) is 3.96. The molecule has 0 bridgehead atoms. The lowest BCUT2D eigenvalue weighted by atomic mass is 10.2. The van der Waals surface area contributed by atoms with Crippen LogP contribution in [0.3, 0.4) is 0 Å². The first kappa shape index (κ1) is 26.2. The second-order valence-electron chi connectivity index (χ2n) is 8.43. The third-order valence-electron chi connectivity index (χ3n) is 6.14. The molecule has 2 aromatic carbocycles. The number of carbonyl (C=O) groups is 2. The van der Waals surface area contributed by atoms with Crippen LogP contribution in [0.15, 0.2) is 48.5 Å². The van der Waals surface area contributed by atoms with Crippen molar-refractivity contribution in [2.45, 2.75) is 0 Å². The van der Waals surface area contributed by atoms with Gasteiger partial charge in [0.1, 0.15) is 13.1 Å². The maximum Gasteiger partial charge on any atom is 0.325 e. The normalized spacial score (nSPS) is 15.4. The van der Waals surface area contributed by atoms with Crippen molar-refractivity contribution in [3.8, 4) is 0 Å².